The molecule has 100 valence electrons. The highest BCUT2D eigenvalue weighted by Gasteiger charge is 2.25. The largest absolute Gasteiger partial charge is 0.465 e. The molecule has 2 aromatic rings. The number of fused-ring (bicyclic) bond motifs is 1. The van der Waals surface area contributed by atoms with Crippen LogP contribution in [0.5, 0.6) is 0 Å². The standard InChI is InChI=1S/C11H12BrN5O2/c12-8-5-13-10-2-1-9(15-17(8)10)14-7-3-4-16(6-7)11(18)19/h1-2,5,7H,3-4,6H2,(H,14,15)(H,18,19). The maximum atomic E-state index is 10.8. The van der Waals surface area contributed by atoms with Crippen molar-refractivity contribution < 1.29 is 9.90 Å². The lowest BCUT2D eigenvalue weighted by atomic mass is 10.2. The normalized spacial score (nSPS) is 19.0. The van der Waals surface area contributed by atoms with Crippen LogP contribution in [0.1, 0.15) is 6.42 Å². The molecule has 1 saturated heterocycles. The second-order valence-electron chi connectivity index (χ2n) is 4.43. The fourth-order valence-corrected chi connectivity index (χ4v) is 2.55. The molecular weight excluding hydrogens is 314 g/mol. The highest BCUT2D eigenvalue weighted by atomic mass is 79.9. The van der Waals surface area contributed by atoms with Gasteiger partial charge in [0.1, 0.15) is 10.4 Å². The summed E-state index contributed by atoms with van der Waals surface area (Å²) >= 11 is 3.37. The number of carboxylic acid groups (broad SMARTS) is 1. The summed E-state index contributed by atoms with van der Waals surface area (Å²) in [5.41, 5.74) is 0.760. The minimum absolute atomic E-state index is 0.100. The first-order valence-electron chi connectivity index (χ1n) is 5.88. The Morgan fingerprint density at radius 1 is 1.53 bits per heavy atom. The van der Waals surface area contributed by atoms with Gasteiger partial charge in [0.15, 0.2) is 5.65 Å². The van der Waals surface area contributed by atoms with Crippen LogP contribution in [0.25, 0.3) is 5.65 Å². The number of anilines is 1. The minimum atomic E-state index is -0.870. The molecule has 0 bridgehead atoms. The van der Waals surface area contributed by atoms with E-state index in [-0.39, 0.29) is 6.04 Å². The Hall–Kier alpha value is -1.83. The lowest BCUT2D eigenvalue weighted by Gasteiger charge is -2.14. The molecule has 1 amide bonds. The molecule has 1 aliphatic rings. The molecule has 1 unspecified atom stereocenters. The van der Waals surface area contributed by atoms with Crippen molar-refractivity contribution in [2.75, 3.05) is 18.4 Å². The second kappa shape index (κ2) is 4.69. The fraction of sp³-hybridized carbons (Fsp3) is 0.364. The van der Waals surface area contributed by atoms with E-state index >= 15 is 0 Å². The third-order valence-electron chi connectivity index (χ3n) is 3.13. The summed E-state index contributed by atoms with van der Waals surface area (Å²) in [7, 11) is 0. The number of nitrogens with one attached hydrogen (secondary N) is 1. The van der Waals surface area contributed by atoms with Gasteiger partial charge < -0.3 is 15.3 Å². The van der Waals surface area contributed by atoms with Gasteiger partial charge in [0.05, 0.1) is 6.20 Å². The summed E-state index contributed by atoms with van der Waals surface area (Å²) in [6.45, 7) is 1.05. The summed E-state index contributed by atoms with van der Waals surface area (Å²) in [4.78, 5) is 16.4. The molecule has 0 saturated carbocycles. The molecule has 2 aromatic heterocycles. The highest BCUT2D eigenvalue weighted by Crippen LogP contribution is 2.17. The zero-order chi connectivity index (χ0) is 13.4. The molecule has 1 fully saturated rings. The highest BCUT2D eigenvalue weighted by molar-refractivity contribution is 9.10. The van der Waals surface area contributed by atoms with Gasteiger partial charge in [-0.3, -0.25) is 0 Å². The van der Waals surface area contributed by atoms with Gasteiger partial charge in [-0.15, -0.1) is 5.10 Å². The van der Waals surface area contributed by atoms with Gasteiger partial charge in [-0.05, 0) is 34.5 Å². The number of amides is 1. The van der Waals surface area contributed by atoms with Crippen molar-refractivity contribution in [1.29, 1.82) is 0 Å². The van der Waals surface area contributed by atoms with Crippen LogP contribution in [0.15, 0.2) is 22.9 Å². The van der Waals surface area contributed by atoms with Crippen LogP contribution in [0.2, 0.25) is 0 Å². The van der Waals surface area contributed by atoms with Gasteiger partial charge in [0, 0.05) is 19.1 Å². The van der Waals surface area contributed by atoms with Gasteiger partial charge in [0.25, 0.3) is 0 Å². The zero-order valence-electron chi connectivity index (χ0n) is 9.95. The molecule has 2 N–H and O–H groups in total. The van der Waals surface area contributed by atoms with Crippen molar-refractivity contribution in [3.63, 3.8) is 0 Å². The number of imidazole rings is 1. The molecule has 0 spiro atoms. The van der Waals surface area contributed by atoms with Crippen LogP contribution in [0.3, 0.4) is 0 Å². The zero-order valence-corrected chi connectivity index (χ0v) is 11.5. The van der Waals surface area contributed by atoms with Gasteiger partial charge in [-0.2, -0.15) is 0 Å². The molecule has 8 heteroatoms. The van der Waals surface area contributed by atoms with Crippen molar-refractivity contribution in [3.8, 4) is 0 Å². The molecule has 0 aliphatic carbocycles. The number of hydrogen-bond acceptors (Lipinski definition) is 4. The number of carbonyl (C=O) groups is 1. The number of rotatable bonds is 2. The summed E-state index contributed by atoms with van der Waals surface area (Å²) in [5, 5.41) is 16.6. The topological polar surface area (TPSA) is 82.8 Å². The minimum Gasteiger partial charge on any atom is -0.465 e. The molecular formula is C11H12BrN5O2. The van der Waals surface area contributed by atoms with Crippen LogP contribution in [0.4, 0.5) is 10.6 Å². The van der Waals surface area contributed by atoms with E-state index in [0.717, 1.165) is 16.7 Å². The Balaban J connectivity index is 1.75. The molecule has 1 aliphatic heterocycles. The third-order valence-corrected chi connectivity index (χ3v) is 3.67. The first kappa shape index (κ1) is 12.2. The van der Waals surface area contributed by atoms with Crippen LogP contribution in [-0.2, 0) is 0 Å². The molecule has 3 rings (SSSR count). The van der Waals surface area contributed by atoms with Crippen molar-refractivity contribution in [2.24, 2.45) is 0 Å². The van der Waals surface area contributed by atoms with E-state index in [9.17, 15) is 4.79 Å². The first-order chi connectivity index (χ1) is 9.13. The second-order valence-corrected chi connectivity index (χ2v) is 5.24. The molecule has 19 heavy (non-hydrogen) atoms. The molecule has 0 radical (unpaired) electrons. The number of aromatic nitrogens is 3. The van der Waals surface area contributed by atoms with Crippen LogP contribution in [-0.4, -0.2) is 49.8 Å². The van der Waals surface area contributed by atoms with E-state index in [4.69, 9.17) is 5.11 Å². The number of likely N-dealkylation sites (tertiary alicyclic amines) is 1. The smallest absolute Gasteiger partial charge is 0.407 e. The summed E-state index contributed by atoms with van der Waals surface area (Å²) in [6.07, 6.45) is 1.61. The van der Waals surface area contributed by atoms with Crippen LogP contribution in [0, 0.1) is 0 Å². The molecule has 7 nitrogen and oxygen atoms in total. The van der Waals surface area contributed by atoms with E-state index in [0.29, 0.717) is 18.9 Å². The summed E-state index contributed by atoms with van der Waals surface area (Å²) in [6, 6.07) is 3.81. The Morgan fingerprint density at radius 2 is 2.37 bits per heavy atom. The Bertz CT molecular complexity index is 629. The number of hydrogen-bond donors (Lipinski definition) is 2. The number of nitrogens with zero attached hydrogens (tertiary/aromatic N) is 4. The monoisotopic (exact) mass is 325 g/mol. The van der Waals surface area contributed by atoms with E-state index in [1.807, 2.05) is 12.1 Å². The number of halogens is 1. The average molecular weight is 326 g/mol. The van der Waals surface area contributed by atoms with Crippen LogP contribution < -0.4 is 5.32 Å². The van der Waals surface area contributed by atoms with Gasteiger partial charge in [0.2, 0.25) is 0 Å². The van der Waals surface area contributed by atoms with Crippen molar-refractivity contribution >= 4 is 33.5 Å². The Kier molecular flexibility index (Phi) is 3.02. The maximum Gasteiger partial charge on any atom is 0.407 e. The van der Waals surface area contributed by atoms with E-state index in [2.05, 4.69) is 31.3 Å². The summed E-state index contributed by atoms with van der Waals surface area (Å²) in [5.74, 6) is 0.712. The van der Waals surface area contributed by atoms with Crippen LogP contribution >= 0.6 is 15.9 Å². The van der Waals surface area contributed by atoms with Gasteiger partial charge in [-0.1, -0.05) is 0 Å². The lowest BCUT2D eigenvalue weighted by molar-refractivity contribution is 0.155. The predicted octanol–water partition coefficient (Wildman–Crippen LogP) is 1.66. The lowest BCUT2D eigenvalue weighted by Crippen LogP contribution is -2.30. The Labute approximate surface area is 117 Å². The van der Waals surface area contributed by atoms with Gasteiger partial charge >= 0.3 is 6.09 Å². The first-order valence-corrected chi connectivity index (χ1v) is 6.67. The summed E-state index contributed by atoms with van der Waals surface area (Å²) < 4.78 is 2.47. The molecule has 0 aromatic carbocycles. The average Bonchev–Trinajstić information content (AvgIpc) is 2.98. The van der Waals surface area contributed by atoms with E-state index in [1.165, 1.54) is 4.90 Å². The molecule has 1 atom stereocenters. The van der Waals surface area contributed by atoms with Crippen molar-refractivity contribution in [1.82, 2.24) is 19.5 Å². The van der Waals surface area contributed by atoms with Crippen molar-refractivity contribution in [2.45, 2.75) is 12.5 Å². The quantitative estimate of drug-likeness (QED) is 0.877. The Morgan fingerprint density at radius 3 is 3.11 bits per heavy atom. The van der Waals surface area contributed by atoms with Crippen molar-refractivity contribution in [3.05, 3.63) is 22.9 Å². The SMILES string of the molecule is O=C(O)N1CCC(Nc2ccc3ncc(Br)n3n2)C1. The van der Waals surface area contributed by atoms with E-state index in [1.54, 1.807) is 10.7 Å². The third kappa shape index (κ3) is 2.35. The molecule has 3 heterocycles. The maximum absolute atomic E-state index is 10.8. The van der Waals surface area contributed by atoms with E-state index < -0.39 is 6.09 Å². The predicted molar refractivity (Wildman–Crippen MR) is 72.3 cm³/mol. The fourth-order valence-electron chi connectivity index (χ4n) is 2.18. The van der Waals surface area contributed by atoms with Gasteiger partial charge in [-0.25, -0.2) is 14.3 Å².